The molecule has 0 radical (unpaired) electrons. The fourth-order valence-electron chi connectivity index (χ4n) is 1.72. The molecule has 2 amide bonds. The first-order valence-corrected chi connectivity index (χ1v) is 6.85. The van der Waals surface area contributed by atoms with Gasteiger partial charge in [0.1, 0.15) is 6.04 Å². The molecule has 1 atom stereocenters. The zero-order chi connectivity index (χ0) is 15.1. The Hall–Kier alpha value is -1.10. The topological polar surface area (TPSA) is 78.4 Å². The van der Waals surface area contributed by atoms with E-state index in [2.05, 4.69) is 10.6 Å². The molecule has 5 heteroatoms. The molecule has 0 saturated heterocycles. The van der Waals surface area contributed by atoms with Gasteiger partial charge in [0.25, 0.3) is 0 Å². The van der Waals surface area contributed by atoms with E-state index in [1.807, 2.05) is 27.7 Å². The van der Waals surface area contributed by atoms with Crippen LogP contribution in [0.3, 0.4) is 0 Å². The number of carbonyl (C=O) groups excluding carboxylic acids is 2. The highest BCUT2D eigenvalue weighted by Gasteiger charge is 2.22. The van der Waals surface area contributed by atoms with E-state index >= 15 is 0 Å². The first-order valence-electron chi connectivity index (χ1n) is 6.85. The van der Waals surface area contributed by atoms with Gasteiger partial charge in [0.15, 0.2) is 0 Å². The van der Waals surface area contributed by atoms with Crippen molar-refractivity contribution in [1.29, 1.82) is 0 Å². The SMILES string of the molecule is CC(=O)NC(C(=O)NCCCC(C)(C)CO)C(C)C. The fraction of sp³-hybridized carbons (Fsp3) is 0.857. The number of aliphatic hydroxyl groups excluding tert-OH is 1. The summed E-state index contributed by atoms with van der Waals surface area (Å²) >= 11 is 0. The number of nitrogens with one attached hydrogen (secondary N) is 2. The van der Waals surface area contributed by atoms with E-state index in [-0.39, 0.29) is 29.8 Å². The lowest BCUT2D eigenvalue weighted by Gasteiger charge is -2.23. The summed E-state index contributed by atoms with van der Waals surface area (Å²) in [6.45, 7) is 9.88. The maximum Gasteiger partial charge on any atom is 0.242 e. The Balaban J connectivity index is 4.10. The van der Waals surface area contributed by atoms with Crippen molar-refractivity contribution in [3.05, 3.63) is 0 Å². The summed E-state index contributed by atoms with van der Waals surface area (Å²) in [5.41, 5.74) is -0.111. The van der Waals surface area contributed by atoms with Crippen molar-refractivity contribution in [2.75, 3.05) is 13.2 Å². The lowest BCUT2D eigenvalue weighted by molar-refractivity contribution is -0.129. The molecule has 0 rings (SSSR count). The maximum atomic E-state index is 11.9. The van der Waals surface area contributed by atoms with Crippen LogP contribution in [0.15, 0.2) is 0 Å². The first kappa shape index (κ1) is 17.9. The largest absolute Gasteiger partial charge is 0.396 e. The van der Waals surface area contributed by atoms with Crippen LogP contribution in [0.25, 0.3) is 0 Å². The second-order valence-electron chi connectivity index (χ2n) is 6.14. The Morgan fingerprint density at radius 2 is 1.84 bits per heavy atom. The third kappa shape index (κ3) is 7.82. The highest BCUT2D eigenvalue weighted by molar-refractivity contribution is 5.86. The van der Waals surface area contributed by atoms with E-state index in [0.717, 1.165) is 12.8 Å². The molecule has 0 aromatic carbocycles. The molecule has 0 spiro atoms. The number of hydrogen-bond acceptors (Lipinski definition) is 3. The molecule has 112 valence electrons. The minimum atomic E-state index is -0.483. The first-order chi connectivity index (χ1) is 8.69. The predicted molar refractivity (Wildman–Crippen MR) is 75.6 cm³/mol. The molecule has 0 aliphatic rings. The van der Waals surface area contributed by atoms with Crippen LogP contribution in [0.5, 0.6) is 0 Å². The van der Waals surface area contributed by atoms with Crippen molar-refractivity contribution in [3.63, 3.8) is 0 Å². The number of aliphatic hydroxyl groups is 1. The third-order valence-electron chi connectivity index (χ3n) is 3.07. The lowest BCUT2D eigenvalue weighted by atomic mass is 9.89. The summed E-state index contributed by atoms with van der Waals surface area (Å²) in [6, 6.07) is -0.483. The average molecular weight is 272 g/mol. The Morgan fingerprint density at radius 1 is 1.26 bits per heavy atom. The number of hydrogen-bond donors (Lipinski definition) is 3. The van der Waals surface area contributed by atoms with E-state index in [1.165, 1.54) is 6.92 Å². The monoisotopic (exact) mass is 272 g/mol. The summed E-state index contributed by atoms with van der Waals surface area (Å²) in [7, 11) is 0. The van der Waals surface area contributed by atoms with Gasteiger partial charge < -0.3 is 15.7 Å². The smallest absolute Gasteiger partial charge is 0.242 e. The Bertz CT molecular complexity index is 301. The van der Waals surface area contributed by atoms with Crippen LogP contribution in [0.2, 0.25) is 0 Å². The van der Waals surface area contributed by atoms with Gasteiger partial charge in [-0.1, -0.05) is 27.7 Å². The molecule has 0 aromatic heterocycles. The number of carbonyl (C=O) groups is 2. The van der Waals surface area contributed by atoms with E-state index in [4.69, 9.17) is 5.11 Å². The summed E-state index contributed by atoms with van der Waals surface area (Å²) < 4.78 is 0. The number of amides is 2. The molecular formula is C14H28N2O3. The van der Waals surface area contributed by atoms with Crippen LogP contribution in [-0.2, 0) is 9.59 Å². The van der Waals surface area contributed by atoms with Gasteiger partial charge >= 0.3 is 0 Å². The van der Waals surface area contributed by atoms with Gasteiger partial charge in [0.05, 0.1) is 0 Å². The molecule has 0 aliphatic carbocycles. The van der Waals surface area contributed by atoms with Crippen LogP contribution < -0.4 is 10.6 Å². The standard InChI is InChI=1S/C14H28N2O3/c1-10(2)12(16-11(3)18)13(19)15-8-6-7-14(4,5)9-17/h10,12,17H,6-9H2,1-5H3,(H,15,19)(H,16,18). The number of rotatable bonds is 8. The second-order valence-corrected chi connectivity index (χ2v) is 6.14. The Labute approximate surface area is 116 Å². The van der Waals surface area contributed by atoms with Gasteiger partial charge in [0.2, 0.25) is 11.8 Å². The molecule has 0 bridgehead atoms. The molecular weight excluding hydrogens is 244 g/mol. The molecule has 5 nitrogen and oxygen atoms in total. The summed E-state index contributed by atoms with van der Waals surface area (Å²) in [5, 5.41) is 14.6. The van der Waals surface area contributed by atoms with Crippen molar-refractivity contribution in [2.24, 2.45) is 11.3 Å². The molecule has 0 saturated carbocycles. The molecule has 0 fully saturated rings. The molecule has 3 N–H and O–H groups in total. The van der Waals surface area contributed by atoms with Crippen molar-refractivity contribution >= 4 is 11.8 Å². The van der Waals surface area contributed by atoms with Crippen LogP contribution >= 0.6 is 0 Å². The van der Waals surface area contributed by atoms with E-state index in [9.17, 15) is 9.59 Å². The zero-order valence-corrected chi connectivity index (χ0v) is 12.7. The lowest BCUT2D eigenvalue weighted by Crippen LogP contribution is -2.49. The Morgan fingerprint density at radius 3 is 2.26 bits per heavy atom. The maximum absolute atomic E-state index is 11.9. The summed E-state index contributed by atoms with van der Waals surface area (Å²) in [4.78, 5) is 23.0. The molecule has 0 aromatic rings. The van der Waals surface area contributed by atoms with Gasteiger partial charge in [0, 0.05) is 20.1 Å². The van der Waals surface area contributed by atoms with Crippen molar-refractivity contribution in [1.82, 2.24) is 10.6 Å². The van der Waals surface area contributed by atoms with Crippen molar-refractivity contribution < 1.29 is 14.7 Å². The van der Waals surface area contributed by atoms with Gasteiger partial charge in [-0.05, 0) is 24.2 Å². The Kier molecular flexibility index (Phi) is 7.68. The fourth-order valence-corrected chi connectivity index (χ4v) is 1.72. The van der Waals surface area contributed by atoms with Crippen LogP contribution in [0.1, 0.15) is 47.5 Å². The average Bonchev–Trinajstić information content (AvgIpc) is 2.31. The van der Waals surface area contributed by atoms with E-state index < -0.39 is 6.04 Å². The van der Waals surface area contributed by atoms with Crippen molar-refractivity contribution in [2.45, 2.75) is 53.5 Å². The third-order valence-corrected chi connectivity index (χ3v) is 3.07. The van der Waals surface area contributed by atoms with E-state index in [1.54, 1.807) is 0 Å². The summed E-state index contributed by atoms with van der Waals surface area (Å²) in [6.07, 6.45) is 1.65. The van der Waals surface area contributed by atoms with Crippen LogP contribution in [0, 0.1) is 11.3 Å². The second kappa shape index (κ2) is 8.15. The normalized spacial score (nSPS) is 13.2. The van der Waals surface area contributed by atoms with Gasteiger partial charge in [-0.25, -0.2) is 0 Å². The van der Waals surface area contributed by atoms with Gasteiger partial charge in [-0.2, -0.15) is 0 Å². The molecule has 1 unspecified atom stereocenters. The summed E-state index contributed by atoms with van der Waals surface area (Å²) in [5.74, 6) is -0.292. The quantitative estimate of drug-likeness (QED) is 0.578. The van der Waals surface area contributed by atoms with E-state index in [0.29, 0.717) is 6.54 Å². The predicted octanol–water partition coefficient (Wildman–Crippen LogP) is 1.06. The molecule has 19 heavy (non-hydrogen) atoms. The minimum absolute atomic E-state index is 0.0535. The van der Waals surface area contributed by atoms with Crippen molar-refractivity contribution in [3.8, 4) is 0 Å². The van der Waals surface area contributed by atoms with Crippen LogP contribution in [0.4, 0.5) is 0 Å². The minimum Gasteiger partial charge on any atom is -0.396 e. The van der Waals surface area contributed by atoms with Crippen LogP contribution in [-0.4, -0.2) is 36.1 Å². The van der Waals surface area contributed by atoms with Gasteiger partial charge in [-0.15, -0.1) is 0 Å². The zero-order valence-electron chi connectivity index (χ0n) is 12.7. The molecule has 0 aliphatic heterocycles. The highest BCUT2D eigenvalue weighted by Crippen LogP contribution is 2.20. The van der Waals surface area contributed by atoms with Gasteiger partial charge in [-0.3, -0.25) is 9.59 Å². The molecule has 0 heterocycles. The highest BCUT2D eigenvalue weighted by atomic mass is 16.3.